The number of aromatic amines is 1. The summed E-state index contributed by atoms with van der Waals surface area (Å²) in [6.45, 7) is 5.50. The topological polar surface area (TPSA) is 85.8 Å². The summed E-state index contributed by atoms with van der Waals surface area (Å²) >= 11 is 0. The molecule has 25 heavy (non-hydrogen) atoms. The van der Waals surface area contributed by atoms with E-state index in [1.165, 1.54) is 17.4 Å². The Morgan fingerprint density at radius 2 is 2.28 bits per heavy atom. The fourth-order valence-electron chi connectivity index (χ4n) is 3.78. The summed E-state index contributed by atoms with van der Waals surface area (Å²) in [5.41, 5.74) is -0.315. The van der Waals surface area contributed by atoms with Crippen molar-refractivity contribution in [2.75, 3.05) is 13.2 Å². The first-order chi connectivity index (χ1) is 12.1. The Morgan fingerprint density at radius 1 is 1.44 bits per heavy atom. The van der Waals surface area contributed by atoms with E-state index in [0.29, 0.717) is 18.0 Å². The van der Waals surface area contributed by atoms with Gasteiger partial charge in [-0.25, -0.2) is 9.46 Å². The maximum atomic E-state index is 12.1. The first kappa shape index (κ1) is 17.4. The van der Waals surface area contributed by atoms with E-state index >= 15 is 0 Å². The third-order valence-electron chi connectivity index (χ3n) is 5.20. The van der Waals surface area contributed by atoms with Crippen molar-refractivity contribution in [3.8, 4) is 0 Å². The molecule has 8 nitrogen and oxygen atoms in total. The molecule has 5 atom stereocenters. The van der Waals surface area contributed by atoms with Crippen LogP contribution in [0.1, 0.15) is 44.4 Å². The van der Waals surface area contributed by atoms with Crippen molar-refractivity contribution in [1.29, 1.82) is 0 Å². The molecular weight excluding hydrogens is 345 g/mol. The number of rotatable bonds is 4. The van der Waals surface area contributed by atoms with Gasteiger partial charge in [-0.15, -0.1) is 0 Å². The van der Waals surface area contributed by atoms with Crippen LogP contribution in [-0.2, 0) is 13.8 Å². The van der Waals surface area contributed by atoms with Gasteiger partial charge in [0.25, 0.3) is 14.1 Å². The van der Waals surface area contributed by atoms with Crippen LogP contribution < -0.4 is 11.2 Å². The molecule has 3 aliphatic rings. The summed E-state index contributed by atoms with van der Waals surface area (Å²) in [4.78, 5) is 26.0. The summed E-state index contributed by atoms with van der Waals surface area (Å²) in [5, 5.41) is 0. The summed E-state index contributed by atoms with van der Waals surface area (Å²) in [6.07, 6.45) is 4.68. The lowest BCUT2D eigenvalue weighted by molar-refractivity contribution is -0.0187. The van der Waals surface area contributed by atoms with Crippen LogP contribution in [0.2, 0.25) is 0 Å². The monoisotopic (exact) mass is 369 g/mol. The molecule has 3 fully saturated rings. The first-order valence-electron chi connectivity index (χ1n) is 8.90. The van der Waals surface area contributed by atoms with Gasteiger partial charge in [0, 0.05) is 30.8 Å². The van der Waals surface area contributed by atoms with Gasteiger partial charge >= 0.3 is 5.69 Å². The number of aryl methyl sites for hydroxylation is 1. The van der Waals surface area contributed by atoms with E-state index in [4.69, 9.17) is 13.8 Å². The van der Waals surface area contributed by atoms with Crippen LogP contribution in [0.25, 0.3) is 0 Å². The van der Waals surface area contributed by atoms with Crippen molar-refractivity contribution >= 4 is 8.53 Å². The molecule has 1 aromatic rings. The van der Waals surface area contributed by atoms with Crippen molar-refractivity contribution in [2.24, 2.45) is 0 Å². The van der Waals surface area contributed by atoms with Crippen LogP contribution in [-0.4, -0.2) is 45.6 Å². The average Bonchev–Trinajstić information content (AvgIpc) is 3.28. The molecule has 0 radical (unpaired) electrons. The molecular formula is C16H24N3O5P. The van der Waals surface area contributed by atoms with E-state index in [-0.39, 0.29) is 17.8 Å². The maximum absolute atomic E-state index is 12.1. The fraction of sp³-hybridized carbons (Fsp3) is 0.750. The van der Waals surface area contributed by atoms with Crippen molar-refractivity contribution in [1.82, 2.24) is 14.2 Å². The van der Waals surface area contributed by atoms with Gasteiger partial charge < -0.3 is 13.8 Å². The molecule has 0 aliphatic carbocycles. The van der Waals surface area contributed by atoms with Gasteiger partial charge in [-0.1, -0.05) is 6.92 Å². The van der Waals surface area contributed by atoms with E-state index < -0.39 is 20.4 Å². The lowest BCUT2D eigenvalue weighted by atomic mass is 10.1. The zero-order valence-corrected chi connectivity index (χ0v) is 15.4. The summed E-state index contributed by atoms with van der Waals surface area (Å²) in [5.74, 6) is 0. The minimum Gasteiger partial charge on any atom is -0.352 e. The minimum absolute atomic E-state index is 0.0862. The third kappa shape index (κ3) is 3.22. The second kappa shape index (κ2) is 6.93. The molecule has 9 heteroatoms. The number of hydrogen-bond donors (Lipinski definition) is 1. The number of ether oxygens (including phenoxy) is 1. The Morgan fingerprint density at radius 3 is 3.08 bits per heavy atom. The number of aromatic nitrogens is 2. The molecule has 0 bridgehead atoms. The number of nitrogens with zero attached hydrogens (tertiary/aromatic N) is 2. The molecule has 0 amide bonds. The van der Waals surface area contributed by atoms with E-state index in [0.717, 1.165) is 19.6 Å². The Labute approximate surface area is 147 Å². The molecule has 0 aromatic carbocycles. The lowest BCUT2D eigenvalue weighted by Crippen LogP contribution is -2.33. The van der Waals surface area contributed by atoms with Crippen LogP contribution >= 0.6 is 8.53 Å². The normalized spacial score (nSPS) is 35.4. The van der Waals surface area contributed by atoms with E-state index in [1.807, 2.05) is 6.92 Å². The minimum atomic E-state index is -1.03. The van der Waals surface area contributed by atoms with Crippen molar-refractivity contribution in [2.45, 2.75) is 64.0 Å². The maximum Gasteiger partial charge on any atom is 0.330 e. The van der Waals surface area contributed by atoms with Crippen molar-refractivity contribution < 1.29 is 13.8 Å². The Kier molecular flexibility index (Phi) is 4.81. The number of H-pyrrole nitrogens is 1. The quantitative estimate of drug-likeness (QED) is 0.813. The van der Waals surface area contributed by atoms with E-state index in [2.05, 4.69) is 9.65 Å². The van der Waals surface area contributed by atoms with Gasteiger partial charge in [0.15, 0.2) is 0 Å². The lowest BCUT2D eigenvalue weighted by Gasteiger charge is -2.25. The number of hydrogen-bond acceptors (Lipinski definition) is 6. The molecule has 138 valence electrons. The van der Waals surface area contributed by atoms with Gasteiger partial charge in [-0.05, 0) is 26.2 Å². The van der Waals surface area contributed by atoms with Gasteiger partial charge in [0.1, 0.15) is 6.23 Å². The SMILES string of the molecule is CCC1OC(n2cc(C)c(=O)[nH]c2=O)C[C@H]1OP1OC[C@@H]2CCCN21. The third-order valence-corrected chi connectivity index (χ3v) is 6.96. The molecule has 3 aliphatic heterocycles. The average molecular weight is 369 g/mol. The molecule has 4 heterocycles. The van der Waals surface area contributed by atoms with Crippen LogP contribution in [0.5, 0.6) is 0 Å². The Bertz CT molecular complexity index is 750. The molecule has 0 saturated carbocycles. The van der Waals surface area contributed by atoms with Gasteiger partial charge in [-0.3, -0.25) is 14.3 Å². The largest absolute Gasteiger partial charge is 0.352 e. The highest BCUT2D eigenvalue weighted by Crippen LogP contribution is 2.55. The molecule has 0 spiro atoms. The molecule has 1 aromatic heterocycles. The van der Waals surface area contributed by atoms with Gasteiger partial charge in [0.05, 0.1) is 18.8 Å². The predicted octanol–water partition coefficient (Wildman–Crippen LogP) is 1.65. The number of nitrogens with one attached hydrogen (secondary N) is 1. The zero-order chi connectivity index (χ0) is 17.6. The van der Waals surface area contributed by atoms with Gasteiger partial charge in [0.2, 0.25) is 0 Å². The van der Waals surface area contributed by atoms with Crippen LogP contribution in [0.15, 0.2) is 15.8 Å². The van der Waals surface area contributed by atoms with Gasteiger partial charge in [-0.2, -0.15) is 0 Å². The van der Waals surface area contributed by atoms with E-state index in [9.17, 15) is 9.59 Å². The highest BCUT2D eigenvalue weighted by Gasteiger charge is 2.44. The zero-order valence-electron chi connectivity index (χ0n) is 14.5. The van der Waals surface area contributed by atoms with Crippen LogP contribution in [0.4, 0.5) is 0 Å². The fourth-order valence-corrected chi connectivity index (χ4v) is 5.62. The molecule has 3 unspecified atom stereocenters. The second-order valence-electron chi connectivity index (χ2n) is 6.89. The highest BCUT2D eigenvalue weighted by molar-refractivity contribution is 7.44. The van der Waals surface area contributed by atoms with Crippen LogP contribution in [0, 0.1) is 6.92 Å². The molecule has 3 saturated heterocycles. The standard InChI is InChI=1S/C16H24N3O5P/c1-3-12-13(24-25-19-6-4-5-11(19)9-22-25)7-14(23-12)18-8-10(2)15(20)17-16(18)21/h8,11-14H,3-7,9H2,1-2H3,(H,17,20,21)/t11-,12?,13+,14?,25?/m0/s1. The highest BCUT2D eigenvalue weighted by atomic mass is 31.2. The molecule has 1 N–H and O–H groups in total. The first-order valence-corrected chi connectivity index (χ1v) is 10.0. The second-order valence-corrected chi connectivity index (χ2v) is 8.35. The number of fused-ring (bicyclic) bond motifs is 1. The Balaban J connectivity index is 1.50. The summed E-state index contributed by atoms with van der Waals surface area (Å²) in [6, 6.07) is 0.494. The van der Waals surface area contributed by atoms with Crippen LogP contribution in [0.3, 0.4) is 0 Å². The smallest absolute Gasteiger partial charge is 0.330 e. The van der Waals surface area contributed by atoms with Crippen molar-refractivity contribution in [3.63, 3.8) is 0 Å². The summed E-state index contributed by atoms with van der Waals surface area (Å²) in [7, 11) is -1.03. The molecule has 4 rings (SSSR count). The Hall–Kier alpha value is -1.05. The summed E-state index contributed by atoms with van der Waals surface area (Å²) < 4.78 is 22.0. The van der Waals surface area contributed by atoms with Crippen molar-refractivity contribution in [3.05, 3.63) is 32.6 Å². The van der Waals surface area contributed by atoms with E-state index in [1.54, 1.807) is 13.1 Å². The predicted molar refractivity (Wildman–Crippen MR) is 92.4 cm³/mol.